The highest BCUT2D eigenvalue weighted by Crippen LogP contribution is 2.14. The molecule has 1 aliphatic rings. The van der Waals surface area contributed by atoms with Crippen molar-refractivity contribution >= 4 is 0 Å². The van der Waals surface area contributed by atoms with Crippen molar-refractivity contribution in [1.82, 2.24) is 5.32 Å². The van der Waals surface area contributed by atoms with Gasteiger partial charge in [-0.1, -0.05) is 6.92 Å². The van der Waals surface area contributed by atoms with Gasteiger partial charge >= 0.3 is 0 Å². The molecule has 0 bridgehead atoms. The van der Waals surface area contributed by atoms with Crippen LogP contribution in [0.25, 0.3) is 0 Å². The maximum absolute atomic E-state index is 5.59. The van der Waals surface area contributed by atoms with Crippen LogP contribution >= 0.6 is 0 Å². The Morgan fingerprint density at radius 2 is 2.50 bits per heavy atom. The summed E-state index contributed by atoms with van der Waals surface area (Å²) in [4.78, 5) is 0. The average Bonchev–Trinajstić information content (AvgIpc) is 2.15. The fourth-order valence-electron chi connectivity index (χ4n) is 1.04. The molecule has 3 N–H and O–H groups in total. The number of hydrogen-bond acceptors (Lipinski definition) is 3. The Morgan fingerprint density at radius 1 is 1.70 bits per heavy atom. The van der Waals surface area contributed by atoms with Crippen molar-refractivity contribution in [2.45, 2.75) is 6.92 Å². The van der Waals surface area contributed by atoms with Gasteiger partial charge < -0.3 is 15.8 Å². The summed E-state index contributed by atoms with van der Waals surface area (Å²) in [6, 6.07) is 0. The molecule has 1 fully saturated rings. The number of rotatable bonds is 1. The zero-order chi connectivity index (χ0) is 7.45. The van der Waals surface area contributed by atoms with E-state index in [4.69, 9.17) is 10.5 Å². The summed E-state index contributed by atoms with van der Waals surface area (Å²) in [5.41, 5.74) is 5.74. The van der Waals surface area contributed by atoms with Crippen LogP contribution in [0.3, 0.4) is 0 Å². The monoisotopic (exact) mass is 144 g/mol. The van der Waals surface area contributed by atoms with Crippen LogP contribution in [0, 0.1) is 5.41 Å². The van der Waals surface area contributed by atoms with E-state index in [1.54, 1.807) is 0 Å². The van der Waals surface area contributed by atoms with Crippen molar-refractivity contribution in [3.8, 4) is 0 Å². The molecule has 1 saturated heterocycles. The molecule has 10 heavy (non-hydrogen) atoms. The number of ether oxygens (including phenoxy) is 1. The molecule has 0 radical (unpaired) electrons. The molecule has 0 saturated carbocycles. The van der Waals surface area contributed by atoms with Crippen LogP contribution in [0.2, 0.25) is 0 Å². The molecule has 1 rings (SSSR count). The summed E-state index contributed by atoms with van der Waals surface area (Å²) in [5.74, 6) is 0. The highest BCUT2D eigenvalue weighted by molar-refractivity contribution is 4.79. The summed E-state index contributed by atoms with van der Waals surface area (Å²) in [5, 5.41) is 3.28. The van der Waals surface area contributed by atoms with E-state index < -0.39 is 0 Å². The number of nitrogens with two attached hydrogens (primary N) is 1. The van der Waals surface area contributed by atoms with Gasteiger partial charge in [-0.25, -0.2) is 0 Å². The SMILES string of the molecule is CC1(CN)CNCCOC1. The molecule has 3 nitrogen and oxygen atoms in total. The molecule has 0 aliphatic carbocycles. The lowest BCUT2D eigenvalue weighted by atomic mass is 9.92. The lowest BCUT2D eigenvalue weighted by Crippen LogP contribution is -2.39. The molecule has 1 aliphatic heterocycles. The van der Waals surface area contributed by atoms with Crippen LogP contribution in [-0.4, -0.2) is 32.8 Å². The van der Waals surface area contributed by atoms with Crippen molar-refractivity contribution in [3.63, 3.8) is 0 Å². The largest absolute Gasteiger partial charge is 0.379 e. The van der Waals surface area contributed by atoms with Crippen molar-refractivity contribution in [3.05, 3.63) is 0 Å². The van der Waals surface area contributed by atoms with E-state index in [2.05, 4.69) is 12.2 Å². The zero-order valence-corrected chi connectivity index (χ0v) is 6.52. The van der Waals surface area contributed by atoms with Gasteiger partial charge in [0.2, 0.25) is 0 Å². The third kappa shape index (κ3) is 1.94. The van der Waals surface area contributed by atoms with Crippen molar-refractivity contribution < 1.29 is 4.74 Å². The summed E-state index contributed by atoms with van der Waals surface area (Å²) in [6.07, 6.45) is 0. The van der Waals surface area contributed by atoms with Crippen LogP contribution in [0.5, 0.6) is 0 Å². The summed E-state index contributed by atoms with van der Waals surface area (Å²) >= 11 is 0. The first-order chi connectivity index (χ1) is 4.77. The summed E-state index contributed by atoms with van der Waals surface area (Å²) in [6.45, 7) is 6.37. The first-order valence-corrected chi connectivity index (χ1v) is 3.75. The van der Waals surface area contributed by atoms with E-state index in [1.165, 1.54) is 0 Å². The Kier molecular flexibility index (Phi) is 2.65. The minimum atomic E-state index is 0.149. The smallest absolute Gasteiger partial charge is 0.0591 e. The predicted molar refractivity (Wildman–Crippen MR) is 40.9 cm³/mol. The molecular weight excluding hydrogens is 128 g/mol. The van der Waals surface area contributed by atoms with Crippen LogP contribution < -0.4 is 11.1 Å². The topological polar surface area (TPSA) is 47.3 Å². The van der Waals surface area contributed by atoms with Crippen LogP contribution in [0.4, 0.5) is 0 Å². The third-order valence-electron chi connectivity index (χ3n) is 1.92. The fraction of sp³-hybridized carbons (Fsp3) is 1.00. The van der Waals surface area contributed by atoms with E-state index in [0.717, 1.165) is 26.3 Å². The van der Waals surface area contributed by atoms with E-state index in [9.17, 15) is 0 Å². The molecule has 0 spiro atoms. The van der Waals surface area contributed by atoms with Gasteiger partial charge in [-0.15, -0.1) is 0 Å². The van der Waals surface area contributed by atoms with Crippen LogP contribution in [0.15, 0.2) is 0 Å². The zero-order valence-electron chi connectivity index (χ0n) is 6.52. The first-order valence-electron chi connectivity index (χ1n) is 3.75. The van der Waals surface area contributed by atoms with Gasteiger partial charge in [0.25, 0.3) is 0 Å². The lowest BCUT2D eigenvalue weighted by molar-refractivity contribution is 0.0840. The number of nitrogens with one attached hydrogen (secondary N) is 1. The highest BCUT2D eigenvalue weighted by Gasteiger charge is 2.23. The van der Waals surface area contributed by atoms with Gasteiger partial charge in [0.05, 0.1) is 13.2 Å². The maximum Gasteiger partial charge on any atom is 0.0591 e. The molecule has 1 heterocycles. The van der Waals surface area contributed by atoms with Crippen molar-refractivity contribution in [2.24, 2.45) is 11.1 Å². The van der Waals surface area contributed by atoms with E-state index >= 15 is 0 Å². The van der Waals surface area contributed by atoms with E-state index in [1.807, 2.05) is 0 Å². The maximum atomic E-state index is 5.59. The van der Waals surface area contributed by atoms with Crippen LogP contribution in [-0.2, 0) is 4.74 Å². The van der Waals surface area contributed by atoms with Crippen LogP contribution in [0.1, 0.15) is 6.92 Å². The third-order valence-corrected chi connectivity index (χ3v) is 1.92. The molecular formula is C7H16N2O. The quantitative estimate of drug-likeness (QED) is 0.525. The second-order valence-electron chi connectivity index (χ2n) is 3.24. The van der Waals surface area contributed by atoms with Gasteiger partial charge in [-0.2, -0.15) is 0 Å². The minimum Gasteiger partial charge on any atom is -0.379 e. The normalized spacial score (nSPS) is 35.4. The molecule has 0 aromatic heterocycles. The standard InChI is InChI=1S/C7H16N2O/c1-7(4-8)5-9-2-3-10-6-7/h9H,2-6,8H2,1H3. The molecule has 0 aromatic carbocycles. The lowest BCUT2D eigenvalue weighted by Gasteiger charge is -2.24. The van der Waals surface area contributed by atoms with Gasteiger partial charge in [0, 0.05) is 25.0 Å². The Hall–Kier alpha value is -0.120. The van der Waals surface area contributed by atoms with Gasteiger partial charge in [0.1, 0.15) is 0 Å². The molecule has 1 atom stereocenters. The van der Waals surface area contributed by atoms with Gasteiger partial charge in [0.15, 0.2) is 0 Å². The Bertz CT molecular complexity index is 97.8. The van der Waals surface area contributed by atoms with Gasteiger partial charge in [-0.05, 0) is 0 Å². The Balaban J connectivity index is 2.41. The van der Waals surface area contributed by atoms with Crippen molar-refractivity contribution in [2.75, 3.05) is 32.8 Å². The first kappa shape index (κ1) is 7.98. The Morgan fingerprint density at radius 3 is 3.20 bits per heavy atom. The molecule has 60 valence electrons. The second-order valence-corrected chi connectivity index (χ2v) is 3.24. The summed E-state index contributed by atoms with van der Waals surface area (Å²) < 4.78 is 5.36. The molecule has 0 amide bonds. The van der Waals surface area contributed by atoms with E-state index in [0.29, 0.717) is 6.54 Å². The van der Waals surface area contributed by atoms with E-state index in [-0.39, 0.29) is 5.41 Å². The average molecular weight is 144 g/mol. The highest BCUT2D eigenvalue weighted by atomic mass is 16.5. The van der Waals surface area contributed by atoms with Crippen molar-refractivity contribution in [1.29, 1.82) is 0 Å². The fourth-order valence-corrected chi connectivity index (χ4v) is 1.04. The minimum absolute atomic E-state index is 0.149. The molecule has 3 heteroatoms. The number of hydrogen-bond donors (Lipinski definition) is 2. The Labute approximate surface area is 61.9 Å². The molecule has 0 aromatic rings. The molecule has 1 unspecified atom stereocenters. The summed E-state index contributed by atoms with van der Waals surface area (Å²) in [7, 11) is 0. The van der Waals surface area contributed by atoms with Gasteiger partial charge in [-0.3, -0.25) is 0 Å². The second kappa shape index (κ2) is 3.32. The predicted octanol–water partition coefficient (Wildman–Crippen LogP) is -0.429.